The summed E-state index contributed by atoms with van der Waals surface area (Å²) in [6, 6.07) is 6.98. The molecule has 1 rings (SSSR count). The molecule has 0 radical (unpaired) electrons. The highest BCUT2D eigenvalue weighted by atomic mass is 32.2. The van der Waals surface area contributed by atoms with Gasteiger partial charge in [0.05, 0.1) is 26.0 Å². The van der Waals surface area contributed by atoms with Gasteiger partial charge in [-0.05, 0) is 12.1 Å². The number of hydrogen-bond acceptors (Lipinski definition) is 2. The fourth-order valence-electron chi connectivity index (χ4n) is 1.14. The first-order valence-corrected chi connectivity index (χ1v) is 6.22. The molecule has 0 spiro atoms. The minimum Gasteiger partial charge on any atom is -0.298 e. The molecule has 78 valence electrons. The van der Waals surface area contributed by atoms with Crippen LogP contribution in [0.3, 0.4) is 0 Å². The third-order valence-electron chi connectivity index (χ3n) is 2.04. The number of rotatable bonds is 2. The SMILES string of the molecule is C[N+](C)(C)c1ccc(S(C)(=O)=O)cc1. The minimum absolute atomic E-state index is 0.370. The van der Waals surface area contributed by atoms with Gasteiger partial charge < -0.3 is 0 Å². The zero-order chi connectivity index (χ0) is 11.0. The largest absolute Gasteiger partial charge is 0.298 e. The first-order valence-electron chi connectivity index (χ1n) is 4.33. The van der Waals surface area contributed by atoms with Crippen LogP contribution in [0.15, 0.2) is 29.2 Å². The third-order valence-corrected chi connectivity index (χ3v) is 3.17. The Morgan fingerprint density at radius 2 is 1.43 bits per heavy atom. The van der Waals surface area contributed by atoms with Crippen LogP contribution in [-0.2, 0) is 9.84 Å². The molecular weight excluding hydrogens is 198 g/mol. The number of quaternary nitrogens is 1. The Labute approximate surface area is 85.5 Å². The highest BCUT2D eigenvalue weighted by molar-refractivity contribution is 7.90. The molecule has 0 bridgehead atoms. The maximum atomic E-state index is 11.2. The second-order valence-electron chi connectivity index (χ2n) is 4.28. The first-order chi connectivity index (χ1) is 6.21. The predicted octanol–water partition coefficient (Wildman–Crippen LogP) is 1.29. The Morgan fingerprint density at radius 1 is 1.00 bits per heavy atom. The van der Waals surface area contributed by atoms with E-state index >= 15 is 0 Å². The molecule has 0 atom stereocenters. The summed E-state index contributed by atoms with van der Waals surface area (Å²) in [5, 5.41) is 0. The Balaban J connectivity index is 3.14. The van der Waals surface area contributed by atoms with E-state index in [1.165, 1.54) is 6.26 Å². The van der Waals surface area contributed by atoms with Gasteiger partial charge in [0.1, 0.15) is 5.69 Å². The van der Waals surface area contributed by atoms with E-state index in [1.807, 2.05) is 33.3 Å². The summed E-state index contributed by atoms with van der Waals surface area (Å²) in [6.45, 7) is 0. The van der Waals surface area contributed by atoms with Crippen molar-refractivity contribution in [3.05, 3.63) is 24.3 Å². The van der Waals surface area contributed by atoms with E-state index in [9.17, 15) is 8.42 Å². The normalized spacial score (nSPS) is 12.9. The van der Waals surface area contributed by atoms with Gasteiger partial charge in [0, 0.05) is 18.4 Å². The van der Waals surface area contributed by atoms with Crippen LogP contribution in [0.25, 0.3) is 0 Å². The van der Waals surface area contributed by atoms with Crippen molar-refractivity contribution in [2.45, 2.75) is 4.90 Å². The average Bonchev–Trinajstić information content (AvgIpc) is 2.01. The summed E-state index contributed by atoms with van der Waals surface area (Å²) in [4.78, 5) is 0.370. The number of hydrogen-bond donors (Lipinski definition) is 0. The van der Waals surface area contributed by atoms with Gasteiger partial charge >= 0.3 is 0 Å². The van der Waals surface area contributed by atoms with E-state index < -0.39 is 9.84 Å². The van der Waals surface area contributed by atoms with Gasteiger partial charge in [-0.2, -0.15) is 0 Å². The van der Waals surface area contributed by atoms with Crippen molar-refractivity contribution in [1.29, 1.82) is 0 Å². The van der Waals surface area contributed by atoms with Crippen molar-refractivity contribution < 1.29 is 8.42 Å². The van der Waals surface area contributed by atoms with Crippen LogP contribution >= 0.6 is 0 Å². The van der Waals surface area contributed by atoms with Crippen molar-refractivity contribution in [2.75, 3.05) is 27.4 Å². The Bertz CT molecular complexity index is 412. The maximum absolute atomic E-state index is 11.2. The molecule has 0 amide bonds. The van der Waals surface area contributed by atoms with Crippen LogP contribution in [0.4, 0.5) is 5.69 Å². The second-order valence-corrected chi connectivity index (χ2v) is 6.29. The van der Waals surface area contributed by atoms with E-state index in [0.29, 0.717) is 9.38 Å². The summed E-state index contributed by atoms with van der Waals surface area (Å²) in [7, 11) is 3.04. The van der Waals surface area contributed by atoms with Gasteiger partial charge in [0.15, 0.2) is 9.84 Å². The molecule has 0 saturated carbocycles. The third kappa shape index (κ3) is 2.56. The van der Waals surface area contributed by atoms with E-state index in [4.69, 9.17) is 0 Å². The van der Waals surface area contributed by atoms with E-state index in [1.54, 1.807) is 12.1 Å². The van der Waals surface area contributed by atoms with Crippen LogP contribution in [-0.4, -0.2) is 35.8 Å². The molecule has 0 aliphatic rings. The van der Waals surface area contributed by atoms with Gasteiger partial charge in [0.25, 0.3) is 0 Å². The molecule has 0 aliphatic heterocycles. The van der Waals surface area contributed by atoms with Gasteiger partial charge in [-0.15, -0.1) is 0 Å². The second kappa shape index (κ2) is 3.37. The molecule has 0 heterocycles. The standard InChI is InChI=1S/C10H16NO2S/c1-11(2,3)9-5-7-10(8-6-9)14(4,12)13/h5-8H,1-4H3/q+1. The Morgan fingerprint density at radius 3 is 1.71 bits per heavy atom. The molecule has 0 fully saturated rings. The van der Waals surface area contributed by atoms with Crippen molar-refractivity contribution in [3.8, 4) is 0 Å². The molecule has 1 aromatic rings. The molecule has 0 saturated heterocycles. The molecule has 0 aromatic heterocycles. The van der Waals surface area contributed by atoms with Crippen molar-refractivity contribution >= 4 is 15.5 Å². The van der Waals surface area contributed by atoms with Crippen molar-refractivity contribution in [1.82, 2.24) is 4.48 Å². The van der Waals surface area contributed by atoms with E-state index in [-0.39, 0.29) is 0 Å². The predicted molar refractivity (Wildman–Crippen MR) is 59.1 cm³/mol. The number of benzene rings is 1. The number of sulfone groups is 1. The summed E-state index contributed by atoms with van der Waals surface area (Å²) in [5.41, 5.74) is 1.08. The highest BCUT2D eigenvalue weighted by Gasteiger charge is 2.13. The zero-order valence-electron chi connectivity index (χ0n) is 8.98. The lowest BCUT2D eigenvalue weighted by atomic mass is 10.3. The molecule has 4 heteroatoms. The summed E-state index contributed by atoms with van der Waals surface area (Å²) in [6.07, 6.45) is 1.22. The fourth-order valence-corrected chi connectivity index (χ4v) is 1.77. The summed E-state index contributed by atoms with van der Waals surface area (Å²) >= 11 is 0. The molecule has 14 heavy (non-hydrogen) atoms. The molecule has 0 unspecified atom stereocenters. The van der Waals surface area contributed by atoms with Crippen LogP contribution in [0.2, 0.25) is 0 Å². The van der Waals surface area contributed by atoms with Crippen LogP contribution in [0.5, 0.6) is 0 Å². The van der Waals surface area contributed by atoms with Crippen LogP contribution in [0, 0.1) is 0 Å². The van der Waals surface area contributed by atoms with E-state index in [2.05, 4.69) is 0 Å². The maximum Gasteiger partial charge on any atom is 0.175 e. The molecule has 0 aliphatic carbocycles. The Kier molecular flexibility index (Phi) is 2.69. The fraction of sp³-hybridized carbons (Fsp3) is 0.400. The molecule has 3 nitrogen and oxygen atoms in total. The lowest BCUT2D eigenvalue weighted by Gasteiger charge is -2.23. The van der Waals surface area contributed by atoms with Gasteiger partial charge in [-0.1, -0.05) is 0 Å². The topological polar surface area (TPSA) is 34.1 Å². The van der Waals surface area contributed by atoms with Crippen molar-refractivity contribution in [2.24, 2.45) is 0 Å². The lowest BCUT2D eigenvalue weighted by molar-refractivity contribution is 0.486. The zero-order valence-corrected chi connectivity index (χ0v) is 9.80. The summed E-state index contributed by atoms with van der Waals surface area (Å²) < 4.78 is 23.1. The van der Waals surface area contributed by atoms with E-state index in [0.717, 1.165) is 5.69 Å². The van der Waals surface area contributed by atoms with Gasteiger partial charge in [0.2, 0.25) is 0 Å². The monoisotopic (exact) mass is 214 g/mol. The summed E-state index contributed by atoms with van der Waals surface area (Å²) in [5.74, 6) is 0. The average molecular weight is 214 g/mol. The van der Waals surface area contributed by atoms with Crippen molar-refractivity contribution in [3.63, 3.8) is 0 Å². The number of nitrogens with zero attached hydrogens (tertiary/aromatic N) is 1. The Hall–Kier alpha value is -0.870. The van der Waals surface area contributed by atoms with Gasteiger partial charge in [-0.25, -0.2) is 8.42 Å². The lowest BCUT2D eigenvalue weighted by Crippen LogP contribution is -2.34. The first kappa shape index (κ1) is 11.2. The quantitative estimate of drug-likeness (QED) is 0.695. The smallest absolute Gasteiger partial charge is 0.175 e. The highest BCUT2D eigenvalue weighted by Crippen LogP contribution is 2.19. The van der Waals surface area contributed by atoms with Crippen LogP contribution in [0.1, 0.15) is 0 Å². The molecule has 1 aromatic carbocycles. The van der Waals surface area contributed by atoms with Crippen LogP contribution < -0.4 is 4.48 Å². The minimum atomic E-state index is -3.07. The molecular formula is C10H16NO2S+. The van der Waals surface area contributed by atoms with Gasteiger partial charge in [-0.3, -0.25) is 4.48 Å². The molecule has 0 N–H and O–H groups in total.